The smallest absolute Gasteiger partial charge is 0.255 e. The van der Waals surface area contributed by atoms with Gasteiger partial charge in [-0.2, -0.15) is 0 Å². The number of aryl methyl sites for hydroxylation is 2. The number of methoxy groups -OCH3 is 1. The summed E-state index contributed by atoms with van der Waals surface area (Å²) in [4.78, 5) is 12.5. The Hall–Kier alpha value is -3.32. The zero-order valence-corrected chi connectivity index (χ0v) is 18.9. The summed E-state index contributed by atoms with van der Waals surface area (Å²) in [5, 5.41) is 2.83. The second-order valence-corrected chi connectivity index (χ2v) is 9.41. The van der Waals surface area contributed by atoms with Gasteiger partial charge in [0.2, 0.25) is 10.0 Å². The molecular formula is C24H26N2O4S. The Kier molecular flexibility index (Phi) is 6.65. The van der Waals surface area contributed by atoms with Crippen molar-refractivity contribution in [2.45, 2.75) is 20.4 Å². The summed E-state index contributed by atoms with van der Waals surface area (Å²) in [6.07, 6.45) is 1.20. The minimum Gasteiger partial charge on any atom is -0.497 e. The Morgan fingerprint density at radius 3 is 2.19 bits per heavy atom. The average Bonchev–Trinajstić information content (AvgIpc) is 2.71. The number of hydrogen-bond donors (Lipinski definition) is 1. The molecule has 0 aliphatic carbocycles. The molecule has 0 saturated heterocycles. The zero-order valence-electron chi connectivity index (χ0n) is 18.0. The molecule has 0 aromatic heterocycles. The second kappa shape index (κ2) is 9.22. The summed E-state index contributed by atoms with van der Waals surface area (Å²) in [6, 6.07) is 19.7. The van der Waals surface area contributed by atoms with E-state index in [4.69, 9.17) is 4.74 Å². The summed E-state index contributed by atoms with van der Waals surface area (Å²) in [5.74, 6) is 0.398. The molecule has 162 valence electrons. The van der Waals surface area contributed by atoms with Crippen LogP contribution in [-0.4, -0.2) is 27.7 Å². The quantitative estimate of drug-likeness (QED) is 0.588. The van der Waals surface area contributed by atoms with Gasteiger partial charge in [0, 0.05) is 17.3 Å². The first-order chi connectivity index (χ1) is 14.7. The van der Waals surface area contributed by atoms with Crippen LogP contribution in [0.5, 0.6) is 5.75 Å². The van der Waals surface area contributed by atoms with Crippen molar-refractivity contribution in [2.24, 2.45) is 0 Å². The topological polar surface area (TPSA) is 75.7 Å². The lowest BCUT2D eigenvalue weighted by molar-refractivity contribution is 0.102. The Morgan fingerprint density at radius 1 is 0.968 bits per heavy atom. The fraction of sp³-hybridized carbons (Fsp3) is 0.208. The van der Waals surface area contributed by atoms with E-state index in [1.807, 2.05) is 32.0 Å². The van der Waals surface area contributed by atoms with Gasteiger partial charge < -0.3 is 10.1 Å². The zero-order chi connectivity index (χ0) is 22.6. The van der Waals surface area contributed by atoms with Crippen LogP contribution in [0.2, 0.25) is 0 Å². The highest BCUT2D eigenvalue weighted by Crippen LogP contribution is 2.24. The molecule has 0 unspecified atom stereocenters. The molecule has 0 radical (unpaired) electrons. The minimum atomic E-state index is -3.48. The lowest BCUT2D eigenvalue weighted by Crippen LogP contribution is -2.29. The van der Waals surface area contributed by atoms with E-state index in [0.717, 1.165) is 16.7 Å². The number of carbonyl (C=O) groups excluding carboxylic acids is 1. The summed E-state index contributed by atoms with van der Waals surface area (Å²) >= 11 is 0. The van der Waals surface area contributed by atoms with E-state index in [1.165, 1.54) is 10.6 Å². The lowest BCUT2D eigenvalue weighted by Gasteiger charge is -2.23. The number of rotatable bonds is 7. The Labute approximate surface area is 183 Å². The van der Waals surface area contributed by atoms with Gasteiger partial charge in [0.15, 0.2) is 0 Å². The molecule has 0 atom stereocenters. The Balaban J connectivity index is 1.78. The van der Waals surface area contributed by atoms with Crippen molar-refractivity contribution in [2.75, 3.05) is 23.0 Å². The molecular weight excluding hydrogens is 412 g/mol. The van der Waals surface area contributed by atoms with Crippen molar-refractivity contribution in [3.8, 4) is 5.75 Å². The van der Waals surface area contributed by atoms with Gasteiger partial charge in [-0.15, -0.1) is 0 Å². The highest BCUT2D eigenvalue weighted by Gasteiger charge is 2.19. The van der Waals surface area contributed by atoms with Gasteiger partial charge in [-0.25, -0.2) is 8.42 Å². The molecule has 1 amide bonds. The van der Waals surface area contributed by atoms with Crippen molar-refractivity contribution in [1.29, 1.82) is 0 Å². The summed E-state index contributed by atoms with van der Waals surface area (Å²) in [5.41, 5.74) is 4.50. The van der Waals surface area contributed by atoms with Gasteiger partial charge >= 0.3 is 0 Å². The number of amides is 1. The van der Waals surface area contributed by atoms with E-state index in [-0.39, 0.29) is 12.5 Å². The standard InChI is InChI=1S/C24H26N2O4S/c1-17-12-18(2)14-22(13-17)26(31(4,28)29)16-19-8-10-20(11-9-19)24(27)25-21-6-5-7-23(15-21)30-3/h5-15H,16H2,1-4H3,(H,25,27). The molecule has 7 heteroatoms. The van der Waals surface area contributed by atoms with Crippen molar-refractivity contribution in [3.63, 3.8) is 0 Å². The largest absolute Gasteiger partial charge is 0.497 e. The summed E-state index contributed by atoms with van der Waals surface area (Å²) in [7, 11) is -1.91. The number of hydrogen-bond acceptors (Lipinski definition) is 4. The van der Waals surface area contributed by atoms with E-state index in [9.17, 15) is 13.2 Å². The maximum absolute atomic E-state index is 12.5. The van der Waals surface area contributed by atoms with Crippen LogP contribution in [0.25, 0.3) is 0 Å². The van der Waals surface area contributed by atoms with Crippen LogP contribution in [0.3, 0.4) is 0 Å². The average molecular weight is 439 g/mol. The highest BCUT2D eigenvalue weighted by molar-refractivity contribution is 7.92. The monoisotopic (exact) mass is 438 g/mol. The van der Waals surface area contributed by atoms with E-state index in [2.05, 4.69) is 5.32 Å². The molecule has 3 aromatic rings. The first-order valence-electron chi connectivity index (χ1n) is 9.76. The van der Waals surface area contributed by atoms with Crippen LogP contribution >= 0.6 is 0 Å². The number of benzene rings is 3. The fourth-order valence-corrected chi connectivity index (χ4v) is 4.20. The van der Waals surface area contributed by atoms with Crippen LogP contribution < -0.4 is 14.4 Å². The molecule has 0 heterocycles. The van der Waals surface area contributed by atoms with Crippen molar-refractivity contribution in [1.82, 2.24) is 0 Å². The number of carbonyl (C=O) groups is 1. The number of ether oxygens (including phenoxy) is 1. The molecule has 31 heavy (non-hydrogen) atoms. The van der Waals surface area contributed by atoms with Gasteiger partial charge in [-0.05, 0) is 66.9 Å². The van der Waals surface area contributed by atoms with Crippen LogP contribution in [-0.2, 0) is 16.6 Å². The third-order valence-corrected chi connectivity index (χ3v) is 5.91. The number of nitrogens with zero attached hydrogens (tertiary/aromatic N) is 1. The maximum atomic E-state index is 12.5. The molecule has 1 N–H and O–H groups in total. The first-order valence-corrected chi connectivity index (χ1v) is 11.6. The van der Waals surface area contributed by atoms with Gasteiger partial charge in [-0.3, -0.25) is 9.10 Å². The third kappa shape index (κ3) is 5.86. The van der Waals surface area contributed by atoms with Crippen LogP contribution in [0.1, 0.15) is 27.0 Å². The summed E-state index contributed by atoms with van der Waals surface area (Å²) < 4.78 is 31.4. The second-order valence-electron chi connectivity index (χ2n) is 7.50. The molecule has 6 nitrogen and oxygen atoms in total. The van der Waals surface area contributed by atoms with Crippen LogP contribution in [0.4, 0.5) is 11.4 Å². The third-order valence-electron chi connectivity index (χ3n) is 4.76. The highest BCUT2D eigenvalue weighted by atomic mass is 32.2. The molecule has 3 aromatic carbocycles. The van der Waals surface area contributed by atoms with E-state index < -0.39 is 10.0 Å². The summed E-state index contributed by atoms with van der Waals surface area (Å²) in [6.45, 7) is 4.05. The minimum absolute atomic E-state index is 0.180. The molecule has 0 fully saturated rings. The van der Waals surface area contributed by atoms with Gasteiger partial charge in [0.1, 0.15) is 5.75 Å². The predicted molar refractivity (Wildman–Crippen MR) is 124 cm³/mol. The number of anilines is 2. The number of nitrogens with one attached hydrogen (secondary N) is 1. The van der Waals surface area contributed by atoms with E-state index in [1.54, 1.807) is 55.6 Å². The molecule has 0 bridgehead atoms. The van der Waals surface area contributed by atoms with Crippen molar-refractivity contribution in [3.05, 3.63) is 89.0 Å². The van der Waals surface area contributed by atoms with Crippen LogP contribution in [0.15, 0.2) is 66.7 Å². The number of sulfonamides is 1. The molecule has 0 aliphatic heterocycles. The fourth-order valence-electron chi connectivity index (χ4n) is 3.33. The first kappa shape index (κ1) is 22.4. The molecule has 0 aliphatic rings. The maximum Gasteiger partial charge on any atom is 0.255 e. The lowest BCUT2D eigenvalue weighted by atomic mass is 10.1. The van der Waals surface area contributed by atoms with Gasteiger partial charge in [-0.1, -0.05) is 24.3 Å². The van der Waals surface area contributed by atoms with Crippen LogP contribution in [0, 0.1) is 13.8 Å². The normalized spacial score (nSPS) is 11.1. The van der Waals surface area contributed by atoms with E-state index >= 15 is 0 Å². The van der Waals surface area contributed by atoms with Crippen molar-refractivity contribution < 1.29 is 17.9 Å². The van der Waals surface area contributed by atoms with Crippen molar-refractivity contribution >= 4 is 27.3 Å². The van der Waals surface area contributed by atoms with Gasteiger partial charge in [0.25, 0.3) is 5.91 Å². The Bertz CT molecular complexity index is 1170. The van der Waals surface area contributed by atoms with E-state index in [0.29, 0.717) is 22.7 Å². The predicted octanol–water partition coefficient (Wildman–Crippen LogP) is 4.53. The molecule has 0 spiro atoms. The molecule has 0 saturated carbocycles. The molecule has 3 rings (SSSR count). The Morgan fingerprint density at radius 2 is 1.61 bits per heavy atom. The van der Waals surface area contributed by atoms with Gasteiger partial charge in [0.05, 0.1) is 25.6 Å². The SMILES string of the molecule is COc1cccc(NC(=O)c2ccc(CN(c3cc(C)cc(C)c3)S(C)(=O)=O)cc2)c1.